The molecule has 0 bridgehead atoms. The van der Waals surface area contributed by atoms with Crippen molar-refractivity contribution >= 4 is 24.7 Å². The van der Waals surface area contributed by atoms with Crippen LogP contribution in [0.1, 0.15) is 5.56 Å². The van der Waals surface area contributed by atoms with Crippen LogP contribution in [-0.4, -0.2) is 34.3 Å². The monoisotopic (exact) mass is 246 g/mol. The predicted molar refractivity (Wildman–Crippen MR) is 60.8 cm³/mol. The Kier molecular flexibility index (Phi) is 10.4. The van der Waals surface area contributed by atoms with Crippen molar-refractivity contribution in [2.24, 2.45) is 0 Å². The van der Waals surface area contributed by atoms with Gasteiger partial charge in [-0.15, -0.1) is 0 Å². The molecule has 0 saturated carbocycles. The second kappa shape index (κ2) is 9.46. The molecule has 0 spiro atoms. The SMILES string of the molecule is O.O.[B]c1ccc(CNCOS(=O)[O-])cc1. The Morgan fingerprint density at radius 1 is 1.31 bits per heavy atom. The largest absolute Gasteiger partial charge is 0.750 e. The molecule has 16 heavy (non-hydrogen) atoms. The van der Waals surface area contributed by atoms with Crippen LogP contribution >= 0.6 is 0 Å². The molecular formula is C8H13BNO5S-. The maximum absolute atomic E-state index is 9.98. The van der Waals surface area contributed by atoms with Crippen LogP contribution in [0.3, 0.4) is 0 Å². The third kappa shape index (κ3) is 7.52. The lowest BCUT2D eigenvalue weighted by molar-refractivity contribution is 0.272. The first-order chi connectivity index (χ1) is 6.68. The molecule has 0 amide bonds. The van der Waals surface area contributed by atoms with E-state index in [2.05, 4.69) is 9.50 Å². The molecule has 1 unspecified atom stereocenters. The summed E-state index contributed by atoms with van der Waals surface area (Å²) in [6, 6.07) is 7.28. The van der Waals surface area contributed by atoms with Crippen molar-refractivity contribution in [2.75, 3.05) is 6.73 Å². The Labute approximate surface area is 97.5 Å². The van der Waals surface area contributed by atoms with Crippen LogP contribution in [0.4, 0.5) is 0 Å². The highest BCUT2D eigenvalue weighted by Gasteiger charge is 1.91. The molecular weight excluding hydrogens is 233 g/mol. The molecule has 5 N–H and O–H groups in total. The molecule has 0 aliphatic heterocycles. The minimum atomic E-state index is -2.46. The van der Waals surface area contributed by atoms with E-state index >= 15 is 0 Å². The molecule has 0 saturated heterocycles. The van der Waals surface area contributed by atoms with Crippen LogP contribution in [0.5, 0.6) is 0 Å². The van der Waals surface area contributed by atoms with E-state index in [0.717, 1.165) is 5.56 Å². The molecule has 6 nitrogen and oxygen atoms in total. The van der Waals surface area contributed by atoms with Gasteiger partial charge in [-0.3, -0.25) is 9.50 Å². The summed E-state index contributed by atoms with van der Waals surface area (Å²) in [6.07, 6.45) is 0. The highest BCUT2D eigenvalue weighted by atomic mass is 32.2. The van der Waals surface area contributed by atoms with Gasteiger partial charge in [0.2, 0.25) is 0 Å². The summed E-state index contributed by atoms with van der Waals surface area (Å²) >= 11 is -2.46. The van der Waals surface area contributed by atoms with E-state index in [4.69, 9.17) is 7.85 Å². The molecule has 0 heterocycles. The van der Waals surface area contributed by atoms with Crippen molar-refractivity contribution < 1.29 is 23.9 Å². The summed E-state index contributed by atoms with van der Waals surface area (Å²) in [5, 5.41) is 2.80. The topological polar surface area (TPSA) is 124 Å². The van der Waals surface area contributed by atoms with Crippen LogP contribution in [-0.2, 0) is 22.1 Å². The van der Waals surface area contributed by atoms with Crippen molar-refractivity contribution in [1.29, 1.82) is 0 Å². The average Bonchev–Trinajstić information content (AvgIpc) is 2.15. The fourth-order valence-electron chi connectivity index (χ4n) is 0.921. The highest BCUT2D eigenvalue weighted by molar-refractivity contribution is 7.74. The van der Waals surface area contributed by atoms with Crippen molar-refractivity contribution in [3.63, 3.8) is 0 Å². The second-order valence-corrected chi connectivity index (χ2v) is 3.28. The van der Waals surface area contributed by atoms with Gasteiger partial charge in [-0.25, -0.2) is 4.21 Å². The van der Waals surface area contributed by atoms with Gasteiger partial charge in [0.15, 0.2) is 0 Å². The molecule has 0 aromatic heterocycles. The average molecular weight is 246 g/mol. The Morgan fingerprint density at radius 2 is 1.88 bits per heavy atom. The minimum absolute atomic E-state index is 0. The van der Waals surface area contributed by atoms with E-state index in [0.29, 0.717) is 12.0 Å². The van der Waals surface area contributed by atoms with Crippen LogP contribution in [0.15, 0.2) is 24.3 Å². The molecule has 90 valence electrons. The second-order valence-electron chi connectivity index (χ2n) is 2.63. The lowest BCUT2D eigenvalue weighted by atomic mass is 9.95. The summed E-state index contributed by atoms with van der Waals surface area (Å²) in [6.45, 7) is 0.512. The summed E-state index contributed by atoms with van der Waals surface area (Å²) in [7, 11) is 5.49. The maximum Gasteiger partial charge on any atom is 0.113 e. The van der Waals surface area contributed by atoms with Gasteiger partial charge in [0, 0.05) is 6.54 Å². The first-order valence-electron chi connectivity index (χ1n) is 3.96. The maximum atomic E-state index is 9.98. The van der Waals surface area contributed by atoms with E-state index in [1.807, 2.05) is 12.1 Å². The van der Waals surface area contributed by atoms with Gasteiger partial charge in [-0.1, -0.05) is 29.7 Å². The Balaban J connectivity index is 0. The van der Waals surface area contributed by atoms with Crippen LogP contribution in [0.25, 0.3) is 0 Å². The molecule has 0 aliphatic carbocycles. The molecule has 1 aromatic rings. The van der Waals surface area contributed by atoms with E-state index in [9.17, 15) is 8.76 Å². The lowest BCUT2D eigenvalue weighted by Gasteiger charge is -2.07. The number of hydrogen-bond acceptors (Lipinski definition) is 4. The first kappa shape index (κ1) is 17.6. The summed E-state index contributed by atoms with van der Waals surface area (Å²) in [4.78, 5) is 0. The molecule has 1 atom stereocenters. The van der Waals surface area contributed by atoms with Crippen LogP contribution in [0.2, 0.25) is 0 Å². The summed E-state index contributed by atoms with van der Waals surface area (Å²) in [5.74, 6) is 0. The van der Waals surface area contributed by atoms with Crippen LogP contribution < -0.4 is 10.8 Å². The fourth-order valence-corrected chi connectivity index (χ4v) is 1.10. The van der Waals surface area contributed by atoms with Gasteiger partial charge < -0.3 is 15.5 Å². The van der Waals surface area contributed by atoms with Gasteiger partial charge in [0.1, 0.15) is 14.6 Å². The van der Waals surface area contributed by atoms with E-state index < -0.39 is 11.4 Å². The number of benzene rings is 1. The minimum Gasteiger partial charge on any atom is -0.750 e. The van der Waals surface area contributed by atoms with Crippen molar-refractivity contribution in [2.45, 2.75) is 6.54 Å². The molecule has 0 fully saturated rings. The molecule has 1 rings (SSSR count). The van der Waals surface area contributed by atoms with Crippen molar-refractivity contribution in [3.8, 4) is 0 Å². The Morgan fingerprint density at radius 3 is 2.38 bits per heavy atom. The normalized spacial score (nSPS) is 11.1. The van der Waals surface area contributed by atoms with Crippen molar-refractivity contribution in [3.05, 3.63) is 29.8 Å². The fraction of sp³-hybridized carbons (Fsp3) is 0.250. The molecule has 1 aromatic carbocycles. The zero-order valence-electron chi connectivity index (χ0n) is 8.43. The molecule has 2 radical (unpaired) electrons. The van der Waals surface area contributed by atoms with Gasteiger partial charge in [0.05, 0.1) is 11.4 Å². The highest BCUT2D eigenvalue weighted by Crippen LogP contribution is 1.95. The standard InChI is InChI=1S/C8H10BNO3S.2H2O/c9-8-3-1-7(2-4-8)5-10-6-13-14(11)12;;/h1-4,10H,5-6H2,(H,11,12);2*1H2/p-1. The Bertz CT molecular complexity index is 308. The number of nitrogens with one attached hydrogen (secondary N) is 1. The third-order valence-electron chi connectivity index (χ3n) is 1.57. The quantitative estimate of drug-likeness (QED) is 0.271. The predicted octanol–water partition coefficient (Wildman–Crippen LogP) is -2.31. The third-order valence-corrected chi connectivity index (χ3v) is 1.88. The van der Waals surface area contributed by atoms with Gasteiger partial charge >= 0.3 is 0 Å². The van der Waals surface area contributed by atoms with Crippen LogP contribution in [0, 0.1) is 0 Å². The van der Waals surface area contributed by atoms with Crippen molar-refractivity contribution in [1.82, 2.24) is 5.32 Å². The summed E-state index contributed by atoms with van der Waals surface area (Å²) < 4.78 is 24.2. The Hall–Kier alpha value is -0.765. The molecule has 8 heteroatoms. The van der Waals surface area contributed by atoms with Gasteiger partial charge in [0.25, 0.3) is 0 Å². The number of rotatable bonds is 5. The zero-order valence-corrected chi connectivity index (χ0v) is 9.25. The molecule has 0 aliphatic rings. The summed E-state index contributed by atoms with van der Waals surface area (Å²) in [5.41, 5.74) is 1.71. The lowest BCUT2D eigenvalue weighted by Crippen LogP contribution is -2.18. The van der Waals surface area contributed by atoms with E-state index in [1.54, 1.807) is 12.1 Å². The van der Waals surface area contributed by atoms with Gasteiger partial charge in [-0.2, -0.15) is 0 Å². The van der Waals surface area contributed by atoms with E-state index in [1.165, 1.54) is 0 Å². The zero-order chi connectivity index (χ0) is 10.4. The van der Waals surface area contributed by atoms with Gasteiger partial charge in [-0.05, 0) is 5.56 Å². The number of hydrogen-bond donors (Lipinski definition) is 1. The smallest absolute Gasteiger partial charge is 0.113 e. The first-order valence-corrected chi connectivity index (χ1v) is 4.96. The van der Waals surface area contributed by atoms with E-state index in [-0.39, 0.29) is 17.7 Å².